The molecule has 184 valence electrons. The standard InChI is InChI=1S/C24H29F3N4O3/c1-15(13-16(2)24(25,26)27)22(34)29-23-28-20-14-19(5-6-21(20)31(23)9-4-12-32)18-7-10-30(11-8-18)17(3)33/h5-6,13-14,18,32H,2,4,7-12H2,1,3H3,(H,28,29,34)/b15-13+. The number of likely N-dealkylation sites (tertiary alicyclic amines) is 1. The van der Waals surface area contributed by atoms with Gasteiger partial charge in [-0.1, -0.05) is 12.6 Å². The van der Waals surface area contributed by atoms with Gasteiger partial charge < -0.3 is 14.6 Å². The van der Waals surface area contributed by atoms with Crippen molar-refractivity contribution >= 4 is 28.8 Å². The number of aliphatic hydroxyl groups is 1. The molecule has 1 aliphatic heterocycles. The Morgan fingerprint density at radius 2 is 1.94 bits per heavy atom. The molecule has 2 heterocycles. The van der Waals surface area contributed by atoms with Crippen molar-refractivity contribution in [3.63, 3.8) is 0 Å². The van der Waals surface area contributed by atoms with Gasteiger partial charge in [0.15, 0.2) is 0 Å². The van der Waals surface area contributed by atoms with Gasteiger partial charge >= 0.3 is 6.18 Å². The first-order valence-corrected chi connectivity index (χ1v) is 11.1. The van der Waals surface area contributed by atoms with Gasteiger partial charge in [0.05, 0.1) is 11.0 Å². The molecule has 1 aliphatic rings. The predicted molar refractivity (Wildman–Crippen MR) is 123 cm³/mol. The van der Waals surface area contributed by atoms with E-state index in [0.29, 0.717) is 37.6 Å². The molecule has 0 aliphatic carbocycles. The zero-order valence-corrected chi connectivity index (χ0v) is 19.3. The second kappa shape index (κ2) is 10.4. The van der Waals surface area contributed by atoms with Crippen LogP contribution in [0.4, 0.5) is 19.1 Å². The topological polar surface area (TPSA) is 87.5 Å². The van der Waals surface area contributed by atoms with Gasteiger partial charge in [0.25, 0.3) is 5.91 Å². The average molecular weight is 479 g/mol. The number of allylic oxidation sites excluding steroid dienone is 2. The van der Waals surface area contributed by atoms with Crippen molar-refractivity contribution < 1.29 is 27.9 Å². The fourth-order valence-corrected chi connectivity index (χ4v) is 4.09. The lowest BCUT2D eigenvalue weighted by molar-refractivity contribution is -0.129. The summed E-state index contributed by atoms with van der Waals surface area (Å²) in [6, 6.07) is 5.84. The number of rotatable bonds is 7. The van der Waals surface area contributed by atoms with Crippen molar-refractivity contribution in [1.29, 1.82) is 0 Å². The highest BCUT2D eigenvalue weighted by atomic mass is 19.4. The second-order valence-corrected chi connectivity index (χ2v) is 8.50. The lowest BCUT2D eigenvalue weighted by Gasteiger charge is -2.31. The zero-order chi connectivity index (χ0) is 25.0. The minimum atomic E-state index is -4.62. The first-order valence-electron chi connectivity index (χ1n) is 11.1. The Balaban J connectivity index is 1.86. The third kappa shape index (κ3) is 5.85. The highest BCUT2D eigenvalue weighted by molar-refractivity contribution is 6.03. The monoisotopic (exact) mass is 478 g/mol. The highest BCUT2D eigenvalue weighted by Crippen LogP contribution is 2.31. The van der Waals surface area contributed by atoms with Crippen LogP contribution in [0.25, 0.3) is 11.0 Å². The Hall–Kier alpha value is -3.14. The number of piperidine rings is 1. The second-order valence-electron chi connectivity index (χ2n) is 8.50. The SMILES string of the molecule is C=C(/C=C(\C)C(=O)Nc1nc2cc(C3CCN(C(C)=O)CC3)ccc2n1CCCO)C(F)(F)F. The van der Waals surface area contributed by atoms with E-state index in [2.05, 4.69) is 16.9 Å². The van der Waals surface area contributed by atoms with Crippen molar-refractivity contribution in [2.24, 2.45) is 0 Å². The van der Waals surface area contributed by atoms with Gasteiger partial charge in [0.2, 0.25) is 11.9 Å². The number of alkyl halides is 3. The molecule has 0 bridgehead atoms. The molecule has 1 aromatic heterocycles. The number of fused-ring (bicyclic) bond motifs is 1. The molecular weight excluding hydrogens is 449 g/mol. The minimum Gasteiger partial charge on any atom is -0.396 e. The van der Waals surface area contributed by atoms with Crippen LogP contribution in [0.15, 0.2) is 42.0 Å². The van der Waals surface area contributed by atoms with Gasteiger partial charge in [-0.2, -0.15) is 13.2 Å². The zero-order valence-electron chi connectivity index (χ0n) is 19.3. The lowest BCUT2D eigenvalue weighted by atomic mass is 9.89. The normalized spacial score (nSPS) is 15.6. The van der Waals surface area contributed by atoms with Gasteiger partial charge in [-0.3, -0.25) is 14.9 Å². The molecule has 0 atom stereocenters. The number of carbonyl (C=O) groups is 2. The summed E-state index contributed by atoms with van der Waals surface area (Å²) in [5.74, 6) is -0.176. The minimum absolute atomic E-state index is 0.0653. The summed E-state index contributed by atoms with van der Waals surface area (Å²) < 4.78 is 40.0. The fourth-order valence-electron chi connectivity index (χ4n) is 4.09. The fraction of sp³-hybridized carbons (Fsp3) is 0.458. The Labute approximate surface area is 195 Å². The van der Waals surface area contributed by atoms with Crippen LogP contribution in [0.5, 0.6) is 0 Å². The van der Waals surface area contributed by atoms with E-state index in [9.17, 15) is 27.9 Å². The summed E-state index contributed by atoms with van der Waals surface area (Å²) >= 11 is 0. The van der Waals surface area contributed by atoms with Crippen LogP contribution in [-0.4, -0.2) is 57.2 Å². The molecule has 0 unspecified atom stereocenters. The number of hydrogen-bond donors (Lipinski definition) is 2. The van der Waals surface area contributed by atoms with E-state index >= 15 is 0 Å². The van der Waals surface area contributed by atoms with Gasteiger partial charge in [0, 0.05) is 44.3 Å². The number of carbonyl (C=O) groups excluding carboxylic acids is 2. The Morgan fingerprint density at radius 3 is 2.53 bits per heavy atom. The van der Waals surface area contributed by atoms with Gasteiger partial charge in [0.1, 0.15) is 0 Å². The maximum atomic E-state index is 12.8. The summed E-state index contributed by atoms with van der Waals surface area (Å²) in [6.45, 7) is 7.50. The predicted octanol–water partition coefficient (Wildman–Crippen LogP) is 4.15. The average Bonchev–Trinajstić information content (AvgIpc) is 3.12. The third-order valence-corrected chi connectivity index (χ3v) is 6.06. The van der Waals surface area contributed by atoms with Crippen LogP contribution in [0.1, 0.15) is 44.6 Å². The van der Waals surface area contributed by atoms with Crippen molar-refractivity contribution in [1.82, 2.24) is 14.5 Å². The molecule has 7 nitrogen and oxygen atoms in total. The highest BCUT2D eigenvalue weighted by Gasteiger charge is 2.31. The number of aliphatic hydroxyl groups excluding tert-OH is 1. The van der Waals surface area contributed by atoms with E-state index in [4.69, 9.17) is 0 Å². The molecule has 2 N–H and O–H groups in total. The molecule has 2 aromatic rings. The molecule has 1 saturated heterocycles. The summed E-state index contributed by atoms with van der Waals surface area (Å²) in [4.78, 5) is 30.5. The van der Waals surface area contributed by atoms with E-state index in [1.54, 1.807) is 11.5 Å². The van der Waals surface area contributed by atoms with Gasteiger partial charge in [-0.25, -0.2) is 4.98 Å². The molecule has 2 amide bonds. The molecule has 34 heavy (non-hydrogen) atoms. The molecular formula is C24H29F3N4O3. The van der Waals surface area contributed by atoms with Crippen LogP contribution in [-0.2, 0) is 16.1 Å². The van der Waals surface area contributed by atoms with Crippen LogP contribution < -0.4 is 5.32 Å². The van der Waals surface area contributed by atoms with Crippen molar-refractivity contribution in [2.75, 3.05) is 25.0 Å². The quantitative estimate of drug-likeness (QED) is 0.462. The van der Waals surface area contributed by atoms with Crippen LogP contribution in [0, 0.1) is 0 Å². The van der Waals surface area contributed by atoms with Crippen molar-refractivity contribution in [3.05, 3.63) is 47.6 Å². The number of nitrogens with one attached hydrogen (secondary N) is 1. The maximum Gasteiger partial charge on any atom is 0.415 e. The Kier molecular flexibility index (Phi) is 7.81. The number of imidazole rings is 1. The number of nitrogens with zero attached hydrogens (tertiary/aromatic N) is 3. The molecule has 0 radical (unpaired) electrons. The molecule has 0 spiro atoms. The number of benzene rings is 1. The van der Waals surface area contributed by atoms with Crippen molar-refractivity contribution in [2.45, 2.75) is 51.7 Å². The number of halogens is 3. The van der Waals surface area contributed by atoms with Crippen LogP contribution in [0.3, 0.4) is 0 Å². The first-order chi connectivity index (χ1) is 16.0. The maximum absolute atomic E-state index is 12.8. The van der Waals surface area contributed by atoms with Crippen LogP contribution in [0.2, 0.25) is 0 Å². The van der Waals surface area contributed by atoms with E-state index in [0.717, 1.165) is 23.9 Å². The van der Waals surface area contributed by atoms with Gasteiger partial charge in [-0.15, -0.1) is 0 Å². The number of aryl methyl sites for hydroxylation is 1. The number of anilines is 1. The molecule has 3 rings (SSSR count). The summed E-state index contributed by atoms with van der Waals surface area (Å²) in [7, 11) is 0. The van der Waals surface area contributed by atoms with Gasteiger partial charge in [-0.05, 0) is 55.9 Å². The van der Waals surface area contributed by atoms with E-state index < -0.39 is 17.7 Å². The number of hydrogen-bond acceptors (Lipinski definition) is 4. The third-order valence-electron chi connectivity index (χ3n) is 6.06. The smallest absolute Gasteiger partial charge is 0.396 e. The Bertz CT molecular complexity index is 1110. The molecule has 1 fully saturated rings. The summed E-state index contributed by atoms with van der Waals surface area (Å²) in [5.41, 5.74) is 1.20. The number of amides is 2. The Morgan fingerprint density at radius 1 is 1.26 bits per heavy atom. The van der Waals surface area contributed by atoms with E-state index in [-0.39, 0.29) is 30.0 Å². The number of aromatic nitrogens is 2. The van der Waals surface area contributed by atoms with E-state index in [1.165, 1.54) is 6.92 Å². The largest absolute Gasteiger partial charge is 0.415 e. The van der Waals surface area contributed by atoms with Crippen molar-refractivity contribution in [3.8, 4) is 0 Å². The summed E-state index contributed by atoms with van der Waals surface area (Å²) in [5, 5.41) is 11.9. The van der Waals surface area contributed by atoms with E-state index in [1.807, 2.05) is 23.1 Å². The lowest BCUT2D eigenvalue weighted by Crippen LogP contribution is -2.36. The first kappa shape index (κ1) is 25.5. The molecule has 1 aromatic carbocycles. The van der Waals surface area contributed by atoms with Crippen LogP contribution >= 0.6 is 0 Å². The molecule has 0 saturated carbocycles. The summed E-state index contributed by atoms with van der Waals surface area (Å²) in [6.07, 6.45) is -1.83. The molecule has 10 heteroatoms.